The van der Waals surface area contributed by atoms with E-state index >= 15 is 0 Å². The van der Waals surface area contributed by atoms with Gasteiger partial charge in [-0.05, 0) is 55.5 Å². The van der Waals surface area contributed by atoms with E-state index in [2.05, 4.69) is 20.4 Å². The predicted molar refractivity (Wildman–Crippen MR) is 118 cm³/mol. The smallest absolute Gasteiger partial charge is 0.321 e. The standard InChI is InChI=1S/C23H23F2N5O2/c1-2-32-18-6-3-16(4-7-18)21-9-10-22(28-27-21)29-11-13-30(14-12-29)23(31)26-17-5-8-19(24)20(25)15-17/h3-10,15H,2,11-14H2,1H3,(H,26,31). The lowest BCUT2D eigenvalue weighted by Gasteiger charge is -2.35. The molecule has 2 amide bonds. The van der Waals surface area contributed by atoms with Crippen molar-refractivity contribution in [1.29, 1.82) is 0 Å². The van der Waals surface area contributed by atoms with Gasteiger partial charge >= 0.3 is 6.03 Å². The molecule has 1 fully saturated rings. The summed E-state index contributed by atoms with van der Waals surface area (Å²) in [7, 11) is 0. The van der Waals surface area contributed by atoms with Gasteiger partial charge in [0.2, 0.25) is 0 Å². The van der Waals surface area contributed by atoms with Crippen LogP contribution in [0, 0.1) is 11.6 Å². The van der Waals surface area contributed by atoms with E-state index in [-0.39, 0.29) is 11.7 Å². The van der Waals surface area contributed by atoms with Crippen LogP contribution in [0.15, 0.2) is 54.6 Å². The van der Waals surface area contributed by atoms with Crippen molar-refractivity contribution in [2.24, 2.45) is 0 Å². The summed E-state index contributed by atoms with van der Waals surface area (Å²) < 4.78 is 31.8. The number of carbonyl (C=O) groups is 1. The van der Waals surface area contributed by atoms with Gasteiger partial charge in [-0.25, -0.2) is 13.6 Å². The van der Waals surface area contributed by atoms with Crippen LogP contribution >= 0.6 is 0 Å². The number of carbonyl (C=O) groups excluding carboxylic acids is 1. The van der Waals surface area contributed by atoms with Gasteiger partial charge in [-0.15, -0.1) is 10.2 Å². The summed E-state index contributed by atoms with van der Waals surface area (Å²) >= 11 is 0. The molecule has 0 saturated carbocycles. The maximum Gasteiger partial charge on any atom is 0.321 e. The van der Waals surface area contributed by atoms with E-state index in [0.29, 0.717) is 32.8 Å². The molecule has 0 aliphatic carbocycles. The first-order valence-electron chi connectivity index (χ1n) is 10.4. The minimum Gasteiger partial charge on any atom is -0.494 e. The number of nitrogens with zero attached hydrogens (tertiary/aromatic N) is 4. The number of aromatic nitrogens is 2. The molecule has 4 rings (SSSR count). The van der Waals surface area contributed by atoms with Crippen LogP contribution in [0.5, 0.6) is 5.75 Å². The first kappa shape index (κ1) is 21.5. The van der Waals surface area contributed by atoms with Crippen molar-refractivity contribution in [3.63, 3.8) is 0 Å². The average molecular weight is 439 g/mol. The Labute approximate surface area is 184 Å². The highest BCUT2D eigenvalue weighted by Gasteiger charge is 2.22. The number of ether oxygens (including phenoxy) is 1. The molecule has 1 N–H and O–H groups in total. The first-order valence-corrected chi connectivity index (χ1v) is 10.4. The van der Waals surface area contributed by atoms with Crippen molar-refractivity contribution in [2.75, 3.05) is 43.0 Å². The van der Waals surface area contributed by atoms with Crippen LogP contribution in [0.4, 0.5) is 25.1 Å². The number of hydrogen-bond donors (Lipinski definition) is 1. The predicted octanol–water partition coefficient (Wildman–Crippen LogP) is 4.17. The largest absolute Gasteiger partial charge is 0.494 e. The van der Waals surface area contributed by atoms with Crippen molar-refractivity contribution in [3.8, 4) is 17.0 Å². The van der Waals surface area contributed by atoms with E-state index in [9.17, 15) is 13.6 Å². The second-order valence-corrected chi connectivity index (χ2v) is 7.27. The number of urea groups is 1. The van der Waals surface area contributed by atoms with E-state index < -0.39 is 11.6 Å². The highest BCUT2D eigenvalue weighted by Crippen LogP contribution is 2.22. The van der Waals surface area contributed by atoms with Gasteiger partial charge in [0.05, 0.1) is 12.3 Å². The molecule has 32 heavy (non-hydrogen) atoms. The summed E-state index contributed by atoms with van der Waals surface area (Å²) in [6.45, 7) is 4.67. The van der Waals surface area contributed by atoms with Crippen molar-refractivity contribution in [3.05, 3.63) is 66.2 Å². The maximum atomic E-state index is 13.3. The van der Waals surface area contributed by atoms with Gasteiger partial charge in [0.25, 0.3) is 0 Å². The number of piperazine rings is 1. The second kappa shape index (κ2) is 9.59. The van der Waals surface area contributed by atoms with Gasteiger partial charge in [-0.2, -0.15) is 0 Å². The van der Waals surface area contributed by atoms with Crippen molar-refractivity contribution >= 4 is 17.5 Å². The number of halogens is 2. The van der Waals surface area contributed by atoms with E-state index in [1.54, 1.807) is 4.90 Å². The summed E-state index contributed by atoms with van der Waals surface area (Å²) in [6.07, 6.45) is 0. The molecule has 3 aromatic rings. The molecule has 0 unspecified atom stereocenters. The first-order chi connectivity index (χ1) is 15.5. The summed E-state index contributed by atoms with van der Waals surface area (Å²) in [4.78, 5) is 16.1. The van der Waals surface area contributed by atoms with E-state index in [0.717, 1.165) is 35.0 Å². The molecule has 0 radical (unpaired) electrons. The molecule has 7 nitrogen and oxygen atoms in total. The van der Waals surface area contributed by atoms with Crippen LogP contribution in [0.3, 0.4) is 0 Å². The van der Waals surface area contributed by atoms with E-state index in [1.165, 1.54) is 6.07 Å². The van der Waals surface area contributed by atoms with Crippen LogP contribution in [0.25, 0.3) is 11.3 Å². The van der Waals surface area contributed by atoms with Gasteiger partial charge < -0.3 is 19.9 Å². The average Bonchev–Trinajstić information content (AvgIpc) is 2.82. The topological polar surface area (TPSA) is 70.6 Å². The Morgan fingerprint density at radius 1 is 0.969 bits per heavy atom. The third kappa shape index (κ3) is 4.93. The van der Waals surface area contributed by atoms with Gasteiger partial charge in [-0.3, -0.25) is 0 Å². The molecule has 9 heteroatoms. The number of hydrogen-bond acceptors (Lipinski definition) is 5. The molecule has 0 atom stereocenters. The Balaban J connectivity index is 1.32. The normalized spacial score (nSPS) is 13.7. The Bertz CT molecular complexity index is 1070. The minimum absolute atomic E-state index is 0.215. The Kier molecular flexibility index (Phi) is 6.44. The number of nitrogens with one attached hydrogen (secondary N) is 1. The third-order valence-electron chi connectivity index (χ3n) is 5.17. The maximum absolute atomic E-state index is 13.3. The Morgan fingerprint density at radius 2 is 1.72 bits per heavy atom. The van der Waals surface area contributed by atoms with E-state index in [1.807, 2.05) is 43.3 Å². The fraction of sp³-hybridized carbons (Fsp3) is 0.261. The summed E-state index contributed by atoms with van der Waals surface area (Å²) in [5.74, 6) is -0.404. The lowest BCUT2D eigenvalue weighted by Crippen LogP contribution is -2.50. The van der Waals surface area contributed by atoms with Gasteiger partial charge in [0.15, 0.2) is 17.5 Å². The molecule has 1 aliphatic heterocycles. The molecule has 0 bridgehead atoms. The highest BCUT2D eigenvalue weighted by molar-refractivity contribution is 5.89. The zero-order valence-corrected chi connectivity index (χ0v) is 17.6. The van der Waals surface area contributed by atoms with Crippen LogP contribution in [-0.4, -0.2) is 53.9 Å². The number of amides is 2. The van der Waals surface area contributed by atoms with Crippen molar-refractivity contribution < 1.29 is 18.3 Å². The summed E-state index contributed by atoms with van der Waals surface area (Å²) in [6, 6.07) is 14.4. The van der Waals surface area contributed by atoms with Gasteiger partial charge in [0.1, 0.15) is 5.75 Å². The molecule has 1 aromatic heterocycles. The third-order valence-corrected chi connectivity index (χ3v) is 5.17. The van der Waals surface area contributed by atoms with Crippen LogP contribution in [0.1, 0.15) is 6.92 Å². The molecule has 0 spiro atoms. The van der Waals surface area contributed by atoms with Crippen molar-refractivity contribution in [1.82, 2.24) is 15.1 Å². The lowest BCUT2D eigenvalue weighted by atomic mass is 10.1. The van der Waals surface area contributed by atoms with Gasteiger partial charge in [0, 0.05) is 43.5 Å². The molecule has 1 aliphatic rings. The molecule has 1 saturated heterocycles. The fourth-order valence-electron chi connectivity index (χ4n) is 3.45. The number of anilines is 2. The van der Waals surface area contributed by atoms with Gasteiger partial charge in [-0.1, -0.05) is 0 Å². The quantitative estimate of drug-likeness (QED) is 0.646. The molecular weight excluding hydrogens is 416 g/mol. The second-order valence-electron chi connectivity index (χ2n) is 7.27. The minimum atomic E-state index is -1.00. The molecule has 2 heterocycles. The zero-order chi connectivity index (χ0) is 22.5. The molecular formula is C23H23F2N5O2. The molecule has 166 valence electrons. The summed E-state index contributed by atoms with van der Waals surface area (Å²) in [5.41, 5.74) is 1.93. The molecule has 2 aromatic carbocycles. The van der Waals surface area contributed by atoms with Crippen LogP contribution < -0.4 is 15.0 Å². The number of rotatable bonds is 5. The highest BCUT2D eigenvalue weighted by atomic mass is 19.2. The van der Waals surface area contributed by atoms with Crippen LogP contribution in [-0.2, 0) is 0 Å². The number of benzene rings is 2. The Morgan fingerprint density at radius 3 is 2.34 bits per heavy atom. The lowest BCUT2D eigenvalue weighted by molar-refractivity contribution is 0.208. The zero-order valence-electron chi connectivity index (χ0n) is 17.6. The van der Waals surface area contributed by atoms with Crippen molar-refractivity contribution in [2.45, 2.75) is 6.92 Å². The fourth-order valence-corrected chi connectivity index (χ4v) is 3.45. The monoisotopic (exact) mass is 439 g/mol. The Hall–Kier alpha value is -3.75. The summed E-state index contributed by atoms with van der Waals surface area (Å²) in [5, 5.41) is 11.3. The van der Waals surface area contributed by atoms with Crippen LogP contribution in [0.2, 0.25) is 0 Å². The SMILES string of the molecule is CCOc1ccc(-c2ccc(N3CCN(C(=O)Nc4ccc(F)c(F)c4)CC3)nn2)cc1. The van der Waals surface area contributed by atoms with E-state index in [4.69, 9.17) is 4.74 Å².